The molecule has 1 saturated carbocycles. The van der Waals surface area contributed by atoms with Crippen LogP contribution in [0.3, 0.4) is 0 Å². The van der Waals surface area contributed by atoms with Crippen molar-refractivity contribution < 1.29 is 13.2 Å². The third-order valence-electron chi connectivity index (χ3n) is 3.68. The predicted octanol–water partition coefficient (Wildman–Crippen LogP) is 3.43. The molecule has 19 heavy (non-hydrogen) atoms. The lowest BCUT2D eigenvalue weighted by molar-refractivity contribution is -0.153. The molecule has 0 aromatic rings. The highest BCUT2D eigenvalue weighted by molar-refractivity contribution is 4.90. The van der Waals surface area contributed by atoms with Crippen LogP contribution in [0.15, 0.2) is 0 Å². The number of halogens is 3. The Hall–Kier alpha value is -0.290. The van der Waals surface area contributed by atoms with E-state index >= 15 is 0 Å². The predicted molar refractivity (Wildman–Crippen MR) is 72.2 cm³/mol. The summed E-state index contributed by atoms with van der Waals surface area (Å²) in [6.45, 7) is 10.1. The van der Waals surface area contributed by atoms with Crippen molar-refractivity contribution in [3.8, 4) is 0 Å². The lowest BCUT2D eigenvalue weighted by Crippen LogP contribution is -2.48. The molecule has 2 nitrogen and oxygen atoms in total. The van der Waals surface area contributed by atoms with E-state index < -0.39 is 12.7 Å². The van der Waals surface area contributed by atoms with Crippen LogP contribution in [0.25, 0.3) is 0 Å². The van der Waals surface area contributed by atoms with Crippen molar-refractivity contribution in [2.75, 3.05) is 13.1 Å². The summed E-state index contributed by atoms with van der Waals surface area (Å²) in [7, 11) is 0. The van der Waals surface area contributed by atoms with Gasteiger partial charge in [0.2, 0.25) is 0 Å². The van der Waals surface area contributed by atoms with E-state index in [1.165, 1.54) is 0 Å². The standard InChI is InChI=1S/C14H27F3N2/c1-10(8-18-13(3,4)5)11(2)19(12-6-7-12)9-14(15,16)17/h10-12,18H,6-9H2,1-5H3. The molecular formula is C14H27F3N2. The molecule has 1 fully saturated rings. The molecule has 2 atom stereocenters. The number of rotatable bonds is 6. The average Bonchev–Trinajstić information content (AvgIpc) is 3.02. The summed E-state index contributed by atoms with van der Waals surface area (Å²) in [5.74, 6) is 0.196. The molecule has 114 valence electrons. The monoisotopic (exact) mass is 280 g/mol. The van der Waals surface area contributed by atoms with Gasteiger partial charge in [-0.25, -0.2) is 0 Å². The van der Waals surface area contributed by atoms with Crippen LogP contribution in [0.1, 0.15) is 47.5 Å². The summed E-state index contributed by atoms with van der Waals surface area (Å²) in [5.41, 5.74) is 0.00240. The molecule has 0 heterocycles. The van der Waals surface area contributed by atoms with Crippen LogP contribution in [-0.2, 0) is 0 Å². The summed E-state index contributed by atoms with van der Waals surface area (Å²) < 4.78 is 37.9. The lowest BCUT2D eigenvalue weighted by atomic mass is 9.99. The van der Waals surface area contributed by atoms with Crippen molar-refractivity contribution in [1.29, 1.82) is 0 Å². The van der Waals surface area contributed by atoms with Crippen LogP contribution in [0.4, 0.5) is 13.2 Å². The Morgan fingerprint density at radius 2 is 1.68 bits per heavy atom. The Bertz CT molecular complexity index is 279. The van der Waals surface area contributed by atoms with Crippen LogP contribution < -0.4 is 5.32 Å². The van der Waals surface area contributed by atoms with Gasteiger partial charge in [-0.2, -0.15) is 13.2 Å². The normalized spacial score (nSPS) is 20.7. The Morgan fingerprint density at radius 1 is 1.16 bits per heavy atom. The summed E-state index contributed by atoms with van der Waals surface area (Å²) >= 11 is 0. The van der Waals surface area contributed by atoms with Crippen LogP contribution in [0, 0.1) is 5.92 Å². The summed E-state index contributed by atoms with van der Waals surface area (Å²) in [6.07, 6.45) is -2.30. The molecule has 5 heteroatoms. The minimum atomic E-state index is -4.10. The van der Waals surface area contributed by atoms with Gasteiger partial charge >= 0.3 is 6.18 Å². The molecule has 1 aliphatic carbocycles. The first-order valence-corrected chi connectivity index (χ1v) is 7.07. The zero-order chi connectivity index (χ0) is 14.8. The van der Waals surface area contributed by atoms with Gasteiger partial charge in [0.15, 0.2) is 0 Å². The van der Waals surface area contributed by atoms with E-state index in [1.54, 1.807) is 4.90 Å². The minimum Gasteiger partial charge on any atom is -0.312 e. The largest absolute Gasteiger partial charge is 0.401 e. The van der Waals surface area contributed by atoms with Crippen molar-refractivity contribution in [3.05, 3.63) is 0 Å². The van der Waals surface area contributed by atoms with Crippen LogP contribution >= 0.6 is 0 Å². The maximum atomic E-state index is 12.6. The van der Waals surface area contributed by atoms with E-state index in [2.05, 4.69) is 26.1 Å². The van der Waals surface area contributed by atoms with E-state index in [0.717, 1.165) is 19.4 Å². The highest BCUT2D eigenvalue weighted by atomic mass is 19.4. The molecule has 0 aromatic heterocycles. The number of hydrogen-bond donors (Lipinski definition) is 1. The van der Waals surface area contributed by atoms with E-state index in [4.69, 9.17) is 0 Å². The molecule has 0 radical (unpaired) electrons. The van der Waals surface area contributed by atoms with Gasteiger partial charge in [-0.15, -0.1) is 0 Å². The number of hydrogen-bond acceptors (Lipinski definition) is 2. The fourth-order valence-corrected chi connectivity index (χ4v) is 2.18. The van der Waals surface area contributed by atoms with Crippen LogP contribution in [0.2, 0.25) is 0 Å². The molecule has 1 N–H and O–H groups in total. The SMILES string of the molecule is CC(CNC(C)(C)C)C(C)N(CC(F)(F)F)C1CC1. The number of nitrogens with one attached hydrogen (secondary N) is 1. The van der Waals surface area contributed by atoms with Gasteiger partial charge in [-0.05, 0) is 53.0 Å². The van der Waals surface area contributed by atoms with Crippen molar-refractivity contribution in [2.45, 2.75) is 71.3 Å². The Labute approximate surface area is 114 Å². The zero-order valence-corrected chi connectivity index (χ0v) is 12.6. The fourth-order valence-electron chi connectivity index (χ4n) is 2.18. The quantitative estimate of drug-likeness (QED) is 0.802. The first-order chi connectivity index (χ1) is 8.49. The second-order valence-corrected chi connectivity index (χ2v) is 6.87. The van der Waals surface area contributed by atoms with Crippen molar-refractivity contribution >= 4 is 0 Å². The summed E-state index contributed by atoms with van der Waals surface area (Å²) in [4.78, 5) is 1.63. The van der Waals surface area contributed by atoms with Crippen LogP contribution in [-0.4, -0.2) is 41.8 Å². The van der Waals surface area contributed by atoms with Gasteiger partial charge in [0, 0.05) is 17.6 Å². The van der Waals surface area contributed by atoms with Crippen LogP contribution in [0.5, 0.6) is 0 Å². The lowest BCUT2D eigenvalue weighted by Gasteiger charge is -2.35. The number of nitrogens with zero attached hydrogens (tertiary/aromatic N) is 1. The van der Waals surface area contributed by atoms with E-state index in [0.29, 0.717) is 0 Å². The van der Waals surface area contributed by atoms with E-state index in [1.807, 2.05) is 13.8 Å². The van der Waals surface area contributed by atoms with Gasteiger partial charge in [-0.1, -0.05) is 6.92 Å². The number of alkyl halides is 3. The fraction of sp³-hybridized carbons (Fsp3) is 1.00. The molecule has 2 unspecified atom stereocenters. The molecule has 1 rings (SSSR count). The van der Waals surface area contributed by atoms with Crippen molar-refractivity contribution in [2.24, 2.45) is 5.92 Å². The molecule has 1 aliphatic rings. The first-order valence-electron chi connectivity index (χ1n) is 7.07. The molecule has 0 aromatic carbocycles. The third kappa shape index (κ3) is 6.61. The minimum absolute atomic E-state index is 0.00240. The molecule has 0 saturated heterocycles. The summed E-state index contributed by atoms with van der Waals surface area (Å²) in [6, 6.07) is 0.0812. The van der Waals surface area contributed by atoms with Crippen molar-refractivity contribution in [3.63, 3.8) is 0 Å². The maximum Gasteiger partial charge on any atom is 0.401 e. The van der Waals surface area contributed by atoms with E-state index in [9.17, 15) is 13.2 Å². The molecular weight excluding hydrogens is 253 g/mol. The zero-order valence-electron chi connectivity index (χ0n) is 12.6. The topological polar surface area (TPSA) is 15.3 Å². The third-order valence-corrected chi connectivity index (χ3v) is 3.68. The second kappa shape index (κ2) is 6.00. The highest BCUT2D eigenvalue weighted by Crippen LogP contribution is 2.33. The highest BCUT2D eigenvalue weighted by Gasteiger charge is 2.41. The molecule has 0 aliphatic heterocycles. The summed E-state index contributed by atoms with van der Waals surface area (Å²) in [5, 5.41) is 3.37. The van der Waals surface area contributed by atoms with E-state index in [-0.39, 0.29) is 23.5 Å². The van der Waals surface area contributed by atoms with Gasteiger partial charge in [0.05, 0.1) is 6.54 Å². The Kier molecular flexibility index (Phi) is 5.29. The average molecular weight is 280 g/mol. The molecule has 0 amide bonds. The van der Waals surface area contributed by atoms with Crippen molar-refractivity contribution in [1.82, 2.24) is 10.2 Å². The van der Waals surface area contributed by atoms with Gasteiger partial charge in [0.25, 0.3) is 0 Å². The second-order valence-electron chi connectivity index (χ2n) is 6.87. The van der Waals surface area contributed by atoms with Gasteiger partial charge in [-0.3, -0.25) is 4.90 Å². The Balaban J connectivity index is 2.53. The first kappa shape index (κ1) is 16.8. The maximum absolute atomic E-state index is 12.6. The van der Waals surface area contributed by atoms with Gasteiger partial charge in [0.1, 0.15) is 0 Å². The smallest absolute Gasteiger partial charge is 0.312 e. The Morgan fingerprint density at radius 3 is 2.05 bits per heavy atom. The van der Waals surface area contributed by atoms with Gasteiger partial charge < -0.3 is 5.32 Å². The molecule has 0 spiro atoms. The molecule has 0 bridgehead atoms.